The zero-order valence-electron chi connectivity index (χ0n) is 22.7. The first-order valence-corrected chi connectivity index (χ1v) is 15.3. The molecule has 1 N–H and O–H groups in total. The van der Waals surface area contributed by atoms with Crippen LogP contribution in [0, 0.1) is 0 Å². The normalized spacial score (nSPS) is 12.7. The van der Waals surface area contributed by atoms with Crippen molar-refractivity contribution in [2.45, 2.75) is 10.8 Å². The molecule has 0 spiro atoms. The summed E-state index contributed by atoms with van der Waals surface area (Å²) in [6, 6.07) is 33.5. The van der Waals surface area contributed by atoms with Gasteiger partial charge in [-0.15, -0.1) is 0 Å². The van der Waals surface area contributed by atoms with E-state index in [0.717, 1.165) is 39.4 Å². The maximum absolute atomic E-state index is 11.7. The summed E-state index contributed by atoms with van der Waals surface area (Å²) in [5.41, 5.74) is 6.18. The van der Waals surface area contributed by atoms with Crippen molar-refractivity contribution in [1.82, 2.24) is 0 Å². The molecule has 0 bridgehead atoms. The van der Waals surface area contributed by atoms with E-state index in [2.05, 4.69) is 0 Å². The van der Waals surface area contributed by atoms with Crippen molar-refractivity contribution < 1.29 is 17.7 Å². The first kappa shape index (κ1) is 28.1. The van der Waals surface area contributed by atoms with Gasteiger partial charge in [0.25, 0.3) is 10.1 Å². The van der Waals surface area contributed by atoms with Gasteiger partial charge in [-0.25, -0.2) is 0 Å². The fourth-order valence-electron chi connectivity index (χ4n) is 5.32. The van der Waals surface area contributed by atoms with E-state index in [4.69, 9.17) is 27.9 Å². The lowest BCUT2D eigenvalue weighted by molar-refractivity contribution is 0.453. The van der Waals surface area contributed by atoms with Crippen molar-refractivity contribution in [3.63, 3.8) is 0 Å². The monoisotopic (exact) mass is 616 g/mol. The molecule has 6 nitrogen and oxygen atoms in total. The second-order valence-electron chi connectivity index (χ2n) is 10.0. The Morgan fingerprint density at radius 1 is 0.667 bits per heavy atom. The molecule has 42 heavy (non-hydrogen) atoms. The Hall–Kier alpha value is -4.01. The molecule has 0 fully saturated rings. The van der Waals surface area contributed by atoms with Gasteiger partial charge in [0, 0.05) is 54.6 Å². The van der Waals surface area contributed by atoms with Crippen LogP contribution in [0.25, 0.3) is 0 Å². The van der Waals surface area contributed by atoms with E-state index >= 15 is 0 Å². The Morgan fingerprint density at radius 3 is 1.55 bits per heavy atom. The van der Waals surface area contributed by atoms with Crippen LogP contribution in [0.3, 0.4) is 0 Å². The lowest BCUT2D eigenvalue weighted by Gasteiger charge is -2.31. The Kier molecular flexibility index (Phi) is 7.37. The van der Waals surface area contributed by atoms with E-state index in [-0.39, 0.29) is 10.8 Å². The van der Waals surface area contributed by atoms with Gasteiger partial charge in [0.05, 0.1) is 26.3 Å². The third kappa shape index (κ3) is 5.21. The molecule has 6 rings (SSSR count). The zero-order chi connectivity index (χ0) is 29.6. The SMILES string of the molecule is CN(c1ccc2c(c1)Oc1cc(N(C)c3ccccc3Cl)ccc1C2c1ccc(S(=O)(=O)O)cc1)c1ccccc1Cl. The Labute approximate surface area is 255 Å². The molecule has 0 radical (unpaired) electrons. The van der Waals surface area contributed by atoms with Crippen LogP contribution in [0.4, 0.5) is 22.7 Å². The van der Waals surface area contributed by atoms with Crippen LogP contribution in [-0.2, 0) is 10.1 Å². The first-order chi connectivity index (χ1) is 20.1. The number of para-hydroxylation sites is 2. The molecule has 1 aliphatic heterocycles. The molecule has 0 unspecified atom stereocenters. The minimum Gasteiger partial charge on any atom is -0.457 e. The minimum absolute atomic E-state index is 0.160. The van der Waals surface area contributed by atoms with Crippen molar-refractivity contribution in [3.05, 3.63) is 136 Å². The Balaban J connectivity index is 1.47. The highest BCUT2D eigenvalue weighted by Gasteiger charge is 2.30. The summed E-state index contributed by atoms with van der Waals surface area (Å²) in [6.07, 6.45) is 0. The van der Waals surface area contributed by atoms with Gasteiger partial charge in [0.2, 0.25) is 0 Å². The predicted octanol–water partition coefficient (Wildman–Crippen LogP) is 9.06. The van der Waals surface area contributed by atoms with Crippen LogP contribution in [0.15, 0.2) is 114 Å². The zero-order valence-corrected chi connectivity index (χ0v) is 25.0. The van der Waals surface area contributed by atoms with Crippen molar-refractivity contribution >= 4 is 56.1 Å². The third-order valence-corrected chi connectivity index (χ3v) is 9.06. The average molecular weight is 618 g/mol. The summed E-state index contributed by atoms with van der Waals surface area (Å²) in [5, 5.41) is 1.26. The topological polar surface area (TPSA) is 70.1 Å². The summed E-state index contributed by atoms with van der Waals surface area (Å²) < 4.78 is 39.5. The number of rotatable bonds is 6. The molecule has 0 aromatic heterocycles. The van der Waals surface area contributed by atoms with Crippen LogP contribution in [0.1, 0.15) is 22.6 Å². The lowest BCUT2D eigenvalue weighted by atomic mass is 9.82. The van der Waals surface area contributed by atoms with Crippen molar-refractivity contribution in [2.24, 2.45) is 0 Å². The summed E-state index contributed by atoms with van der Waals surface area (Å²) >= 11 is 13.0. The molecular formula is C33H26Cl2N2O4S. The van der Waals surface area contributed by atoms with Crippen LogP contribution in [0.2, 0.25) is 10.0 Å². The number of ether oxygens (including phenoxy) is 1. The average Bonchev–Trinajstić information content (AvgIpc) is 2.98. The van der Waals surface area contributed by atoms with Crippen molar-refractivity contribution in [1.29, 1.82) is 0 Å². The summed E-state index contributed by atoms with van der Waals surface area (Å²) in [7, 11) is -0.426. The predicted molar refractivity (Wildman–Crippen MR) is 169 cm³/mol. The third-order valence-electron chi connectivity index (χ3n) is 7.55. The number of fused-ring (bicyclic) bond motifs is 2. The first-order valence-electron chi connectivity index (χ1n) is 13.1. The van der Waals surface area contributed by atoms with Gasteiger partial charge >= 0.3 is 0 Å². The van der Waals surface area contributed by atoms with E-state index in [0.29, 0.717) is 21.5 Å². The molecule has 0 saturated carbocycles. The second-order valence-corrected chi connectivity index (χ2v) is 12.3. The number of benzene rings is 5. The highest BCUT2D eigenvalue weighted by Crippen LogP contribution is 2.50. The number of halogens is 2. The van der Waals surface area contributed by atoms with Crippen LogP contribution in [0.5, 0.6) is 11.5 Å². The van der Waals surface area contributed by atoms with Crippen molar-refractivity contribution in [3.8, 4) is 11.5 Å². The molecule has 0 atom stereocenters. The molecule has 1 aliphatic rings. The smallest absolute Gasteiger partial charge is 0.294 e. The maximum atomic E-state index is 11.7. The largest absolute Gasteiger partial charge is 0.457 e. The van der Waals surface area contributed by atoms with Gasteiger partial charge in [-0.1, -0.05) is 71.7 Å². The van der Waals surface area contributed by atoms with Gasteiger partial charge < -0.3 is 14.5 Å². The van der Waals surface area contributed by atoms with Gasteiger partial charge in [-0.05, 0) is 54.1 Å². The molecule has 0 saturated heterocycles. The number of nitrogens with zero attached hydrogens (tertiary/aromatic N) is 2. The van der Waals surface area contributed by atoms with Gasteiger partial charge in [-0.2, -0.15) is 8.42 Å². The van der Waals surface area contributed by atoms with E-state index in [1.54, 1.807) is 12.1 Å². The summed E-state index contributed by atoms with van der Waals surface area (Å²) in [5.74, 6) is 1.08. The Bertz CT molecular complexity index is 1810. The molecule has 1 heterocycles. The number of hydrogen-bond donors (Lipinski definition) is 1. The van der Waals surface area contributed by atoms with Gasteiger partial charge in [0.1, 0.15) is 11.5 Å². The maximum Gasteiger partial charge on any atom is 0.294 e. The van der Waals surface area contributed by atoms with Crippen LogP contribution < -0.4 is 14.5 Å². The standard InChI is InChI=1S/C33H26Cl2N2O4S/c1-36(29-9-5-3-7-27(29)34)22-13-17-25-31(19-22)41-32-20-23(37(2)30-10-6-4-8-28(30)35)14-18-26(32)33(25)21-11-15-24(16-12-21)42(38,39)40/h3-20,33H,1-2H3,(H,38,39,40). The van der Waals surface area contributed by atoms with Crippen LogP contribution >= 0.6 is 23.2 Å². The highest BCUT2D eigenvalue weighted by molar-refractivity contribution is 7.85. The fourth-order valence-corrected chi connectivity index (χ4v) is 6.33. The second kappa shape index (κ2) is 11.0. The molecule has 0 aliphatic carbocycles. The summed E-state index contributed by atoms with van der Waals surface area (Å²) in [6.45, 7) is 0. The molecule has 9 heteroatoms. The molecule has 0 amide bonds. The molecule has 5 aromatic carbocycles. The van der Waals surface area contributed by atoms with E-state index in [1.165, 1.54) is 12.1 Å². The van der Waals surface area contributed by atoms with Crippen molar-refractivity contribution in [2.75, 3.05) is 23.9 Å². The van der Waals surface area contributed by atoms with Crippen LogP contribution in [-0.4, -0.2) is 27.1 Å². The fraction of sp³-hybridized carbons (Fsp3) is 0.0909. The molecular weight excluding hydrogens is 591 g/mol. The van der Waals surface area contributed by atoms with E-state index < -0.39 is 10.1 Å². The lowest BCUT2D eigenvalue weighted by Crippen LogP contribution is -2.16. The number of anilines is 4. The summed E-state index contributed by atoms with van der Waals surface area (Å²) in [4.78, 5) is 3.84. The quantitative estimate of drug-likeness (QED) is 0.188. The van der Waals surface area contributed by atoms with E-state index in [9.17, 15) is 13.0 Å². The molecule has 5 aromatic rings. The minimum atomic E-state index is -4.32. The number of hydrogen-bond acceptors (Lipinski definition) is 5. The van der Waals surface area contributed by atoms with Gasteiger partial charge in [0.15, 0.2) is 0 Å². The highest BCUT2D eigenvalue weighted by atomic mass is 35.5. The van der Waals surface area contributed by atoms with Gasteiger partial charge in [-0.3, -0.25) is 4.55 Å². The Morgan fingerprint density at radius 2 is 1.12 bits per heavy atom. The molecule has 212 valence electrons. The van der Waals surface area contributed by atoms with E-state index in [1.807, 2.05) is 109 Å².